The average Bonchev–Trinajstić information content (AvgIpc) is 2.18. The maximum Gasteiger partial charge on any atom is 0.220 e. The van der Waals surface area contributed by atoms with E-state index in [0.717, 1.165) is 32.5 Å². The predicted molar refractivity (Wildman–Crippen MR) is 56.0 cm³/mol. The van der Waals surface area contributed by atoms with E-state index >= 15 is 0 Å². The molecule has 0 aromatic heterocycles. The lowest BCUT2D eigenvalue weighted by molar-refractivity contribution is -0.123. The van der Waals surface area contributed by atoms with Gasteiger partial charge in [0.1, 0.15) is 0 Å². The molecular formula is C10H20N2O3. The second-order valence-electron chi connectivity index (χ2n) is 3.99. The van der Waals surface area contributed by atoms with Crippen molar-refractivity contribution in [3.8, 4) is 0 Å². The molecule has 1 aliphatic heterocycles. The van der Waals surface area contributed by atoms with Crippen molar-refractivity contribution in [2.75, 3.05) is 26.2 Å². The monoisotopic (exact) mass is 216 g/mol. The van der Waals surface area contributed by atoms with Crippen molar-refractivity contribution in [2.24, 2.45) is 11.7 Å². The topological polar surface area (TPSA) is 75.8 Å². The Bertz CT molecular complexity index is 201. The molecular weight excluding hydrogens is 196 g/mol. The number of amides is 1. The molecule has 1 amide bonds. The number of nitrogens with zero attached hydrogens (tertiary/aromatic N) is 1. The van der Waals surface area contributed by atoms with Crippen LogP contribution in [0.3, 0.4) is 0 Å². The molecule has 0 aliphatic carbocycles. The third-order valence-corrected chi connectivity index (χ3v) is 2.76. The highest BCUT2D eigenvalue weighted by atomic mass is 16.6. The second-order valence-corrected chi connectivity index (χ2v) is 3.99. The first-order valence-corrected chi connectivity index (χ1v) is 5.41. The maximum absolute atomic E-state index is 10.9. The summed E-state index contributed by atoms with van der Waals surface area (Å²) in [5, 5.41) is 8.89. The highest BCUT2D eigenvalue weighted by Crippen LogP contribution is 2.15. The van der Waals surface area contributed by atoms with Gasteiger partial charge < -0.3 is 20.5 Å². The van der Waals surface area contributed by atoms with Crippen LogP contribution >= 0.6 is 0 Å². The highest BCUT2D eigenvalue weighted by molar-refractivity contribution is 5.76. The van der Waals surface area contributed by atoms with Crippen LogP contribution in [-0.4, -0.2) is 48.4 Å². The number of piperidine rings is 1. The lowest BCUT2D eigenvalue weighted by Gasteiger charge is -2.30. The van der Waals surface area contributed by atoms with E-state index in [-0.39, 0.29) is 11.8 Å². The van der Waals surface area contributed by atoms with Gasteiger partial charge in [0, 0.05) is 12.5 Å². The van der Waals surface area contributed by atoms with E-state index in [9.17, 15) is 4.79 Å². The normalized spacial score (nSPS) is 21.5. The summed E-state index contributed by atoms with van der Waals surface area (Å²) >= 11 is 0. The van der Waals surface area contributed by atoms with Gasteiger partial charge >= 0.3 is 0 Å². The minimum Gasteiger partial charge on any atom is -0.369 e. The van der Waals surface area contributed by atoms with Crippen LogP contribution in [0.25, 0.3) is 0 Å². The number of ether oxygens (including phenoxy) is 1. The quantitative estimate of drug-likeness (QED) is 0.610. The molecule has 3 N–H and O–H groups in total. The number of aliphatic hydroxyl groups excluding tert-OH is 1. The Hall–Kier alpha value is -0.650. The van der Waals surface area contributed by atoms with Gasteiger partial charge in [-0.3, -0.25) is 4.79 Å². The third-order valence-electron chi connectivity index (χ3n) is 2.76. The van der Waals surface area contributed by atoms with Crippen LogP contribution in [0.1, 0.15) is 19.8 Å². The van der Waals surface area contributed by atoms with Crippen molar-refractivity contribution in [3.05, 3.63) is 0 Å². The summed E-state index contributed by atoms with van der Waals surface area (Å²) in [5.74, 6) is -0.145. The van der Waals surface area contributed by atoms with Crippen LogP contribution < -0.4 is 5.73 Å². The Morgan fingerprint density at radius 2 is 2.20 bits per heavy atom. The molecule has 1 saturated heterocycles. The van der Waals surface area contributed by atoms with Crippen LogP contribution in [0.4, 0.5) is 0 Å². The summed E-state index contributed by atoms with van der Waals surface area (Å²) in [6.45, 7) is 4.70. The largest absolute Gasteiger partial charge is 0.369 e. The minimum atomic E-state index is -0.701. The van der Waals surface area contributed by atoms with Crippen molar-refractivity contribution in [3.63, 3.8) is 0 Å². The summed E-state index contributed by atoms with van der Waals surface area (Å²) in [7, 11) is 0. The Kier molecular flexibility index (Phi) is 5.01. The number of nitrogens with two attached hydrogens (primary N) is 1. The maximum atomic E-state index is 10.9. The number of hydrogen-bond acceptors (Lipinski definition) is 4. The van der Waals surface area contributed by atoms with Crippen LogP contribution in [-0.2, 0) is 9.53 Å². The Labute approximate surface area is 90.2 Å². The molecule has 1 unspecified atom stereocenters. The summed E-state index contributed by atoms with van der Waals surface area (Å²) in [6.07, 6.45) is 0.974. The third kappa shape index (κ3) is 4.59. The van der Waals surface area contributed by atoms with E-state index in [1.165, 1.54) is 0 Å². The fourth-order valence-electron chi connectivity index (χ4n) is 1.79. The predicted octanol–water partition coefficient (Wildman–Crippen LogP) is -0.461. The molecule has 0 saturated carbocycles. The molecule has 1 rings (SSSR count). The minimum absolute atomic E-state index is 0.0407. The van der Waals surface area contributed by atoms with Crippen molar-refractivity contribution in [1.82, 2.24) is 4.90 Å². The van der Waals surface area contributed by atoms with Gasteiger partial charge in [-0.2, -0.15) is 0 Å². The van der Waals surface area contributed by atoms with E-state index in [4.69, 9.17) is 15.6 Å². The van der Waals surface area contributed by atoms with Crippen LogP contribution in [0.5, 0.6) is 0 Å². The number of aliphatic hydroxyl groups is 1. The number of hydrogen-bond donors (Lipinski definition) is 2. The van der Waals surface area contributed by atoms with Gasteiger partial charge in [-0.15, -0.1) is 0 Å². The molecule has 1 atom stereocenters. The zero-order valence-electron chi connectivity index (χ0n) is 9.19. The van der Waals surface area contributed by atoms with Crippen molar-refractivity contribution in [1.29, 1.82) is 0 Å². The number of carbonyl (C=O) groups excluding carboxylic acids is 1. The lowest BCUT2D eigenvalue weighted by Crippen LogP contribution is -2.40. The van der Waals surface area contributed by atoms with Gasteiger partial charge in [-0.25, -0.2) is 0 Å². The van der Waals surface area contributed by atoms with Gasteiger partial charge in [-0.1, -0.05) is 0 Å². The molecule has 1 fully saturated rings. The summed E-state index contributed by atoms with van der Waals surface area (Å²) in [5.41, 5.74) is 5.24. The fraction of sp³-hybridized carbons (Fsp3) is 0.900. The summed E-state index contributed by atoms with van der Waals surface area (Å²) in [4.78, 5) is 13.1. The van der Waals surface area contributed by atoms with E-state index in [1.54, 1.807) is 6.92 Å². The number of primary amides is 1. The molecule has 0 aromatic carbocycles. The first-order chi connectivity index (χ1) is 7.09. The van der Waals surface area contributed by atoms with Gasteiger partial charge in [0.15, 0.2) is 6.29 Å². The van der Waals surface area contributed by atoms with Gasteiger partial charge in [0.05, 0.1) is 6.61 Å². The number of likely N-dealkylation sites (tertiary alicyclic amines) is 1. The van der Waals surface area contributed by atoms with Gasteiger partial charge in [0.25, 0.3) is 0 Å². The SMILES string of the molecule is CC(O)OCCN1CCC(C(N)=O)CC1. The van der Waals surface area contributed by atoms with Crippen LogP contribution in [0, 0.1) is 5.92 Å². The van der Waals surface area contributed by atoms with Gasteiger partial charge in [0.2, 0.25) is 5.91 Å². The van der Waals surface area contributed by atoms with E-state index in [2.05, 4.69) is 4.90 Å². The first kappa shape index (κ1) is 12.4. The Morgan fingerprint density at radius 3 is 2.67 bits per heavy atom. The Morgan fingerprint density at radius 1 is 1.60 bits per heavy atom. The molecule has 88 valence electrons. The van der Waals surface area contributed by atoms with Crippen molar-refractivity contribution < 1.29 is 14.6 Å². The molecule has 0 spiro atoms. The molecule has 1 aliphatic rings. The summed E-state index contributed by atoms with van der Waals surface area (Å²) < 4.78 is 5.04. The lowest BCUT2D eigenvalue weighted by atomic mass is 9.96. The molecule has 1 heterocycles. The number of rotatable bonds is 5. The standard InChI is InChI=1S/C10H20N2O3/c1-8(13)15-7-6-12-4-2-9(3-5-12)10(11)14/h8-9,13H,2-7H2,1H3,(H2,11,14). The highest BCUT2D eigenvalue weighted by Gasteiger charge is 2.22. The average molecular weight is 216 g/mol. The zero-order valence-corrected chi connectivity index (χ0v) is 9.19. The van der Waals surface area contributed by atoms with E-state index < -0.39 is 6.29 Å². The van der Waals surface area contributed by atoms with Crippen LogP contribution in [0.15, 0.2) is 0 Å². The van der Waals surface area contributed by atoms with Crippen molar-refractivity contribution in [2.45, 2.75) is 26.1 Å². The molecule has 0 radical (unpaired) electrons. The first-order valence-electron chi connectivity index (χ1n) is 5.41. The van der Waals surface area contributed by atoms with Crippen LogP contribution in [0.2, 0.25) is 0 Å². The molecule has 0 aromatic rings. The molecule has 0 bridgehead atoms. The van der Waals surface area contributed by atoms with Crippen molar-refractivity contribution >= 4 is 5.91 Å². The molecule has 15 heavy (non-hydrogen) atoms. The smallest absolute Gasteiger partial charge is 0.220 e. The zero-order chi connectivity index (χ0) is 11.3. The second kappa shape index (κ2) is 6.05. The van der Waals surface area contributed by atoms with Gasteiger partial charge in [-0.05, 0) is 32.9 Å². The molecule has 5 heteroatoms. The number of carbonyl (C=O) groups is 1. The van der Waals surface area contributed by atoms with E-state index in [0.29, 0.717) is 6.61 Å². The van der Waals surface area contributed by atoms with E-state index in [1.807, 2.05) is 0 Å². The molecule has 5 nitrogen and oxygen atoms in total. The Balaban J connectivity index is 2.12. The summed E-state index contributed by atoms with van der Waals surface area (Å²) in [6, 6.07) is 0. The fourth-order valence-corrected chi connectivity index (χ4v) is 1.79.